The molecule has 1 N–H and O–H groups in total. The zero-order valence-corrected chi connectivity index (χ0v) is 9.81. The molecule has 0 saturated carbocycles. The molecule has 0 radical (unpaired) electrons. The number of rotatable bonds is 4. The summed E-state index contributed by atoms with van der Waals surface area (Å²) in [7, 11) is 1.87. The molecule has 1 aromatic rings. The highest BCUT2D eigenvalue weighted by Crippen LogP contribution is 2.29. The Morgan fingerprint density at radius 1 is 1.50 bits per heavy atom. The number of halogens is 2. The highest BCUT2D eigenvalue weighted by Gasteiger charge is 2.08. The van der Waals surface area contributed by atoms with E-state index in [1.165, 1.54) is 11.8 Å². The molecule has 1 nitrogen and oxygen atoms in total. The maximum Gasteiger partial charge on any atom is 0.138 e. The molecule has 0 saturated heterocycles. The zero-order chi connectivity index (χ0) is 10.6. The van der Waals surface area contributed by atoms with Gasteiger partial charge in [-0.25, -0.2) is 4.39 Å². The van der Waals surface area contributed by atoms with Gasteiger partial charge in [0.05, 0.1) is 9.92 Å². The van der Waals surface area contributed by atoms with Crippen molar-refractivity contribution in [1.29, 1.82) is 0 Å². The molecule has 1 aromatic carbocycles. The Kier molecular flexibility index (Phi) is 4.72. The largest absolute Gasteiger partial charge is 0.319 e. The van der Waals surface area contributed by atoms with Gasteiger partial charge in [0.2, 0.25) is 0 Å². The van der Waals surface area contributed by atoms with E-state index in [-0.39, 0.29) is 5.82 Å². The van der Waals surface area contributed by atoms with Gasteiger partial charge in [0.1, 0.15) is 5.82 Å². The Morgan fingerprint density at radius 2 is 2.21 bits per heavy atom. The van der Waals surface area contributed by atoms with Crippen molar-refractivity contribution in [1.82, 2.24) is 5.32 Å². The van der Waals surface area contributed by atoms with E-state index in [2.05, 4.69) is 5.32 Å². The lowest BCUT2D eigenvalue weighted by molar-refractivity contribution is 0.599. The van der Waals surface area contributed by atoms with E-state index in [4.69, 9.17) is 11.6 Å². The monoisotopic (exact) mass is 233 g/mol. The highest BCUT2D eigenvalue weighted by molar-refractivity contribution is 7.98. The Morgan fingerprint density at radius 3 is 2.71 bits per heavy atom. The summed E-state index contributed by atoms with van der Waals surface area (Å²) in [6.45, 7) is 0.828. The minimum atomic E-state index is -0.226. The Balaban J connectivity index is 2.90. The maximum absolute atomic E-state index is 13.4. The summed E-state index contributed by atoms with van der Waals surface area (Å²) >= 11 is 7.26. The Hall–Kier alpha value is -0.250. The molecular formula is C10H13ClFNS. The Bertz CT molecular complexity index is 294. The van der Waals surface area contributed by atoms with E-state index in [1.807, 2.05) is 19.4 Å². The van der Waals surface area contributed by atoms with Crippen LogP contribution >= 0.6 is 23.4 Å². The molecule has 0 heterocycles. The van der Waals surface area contributed by atoms with Crippen molar-refractivity contribution in [3.63, 3.8) is 0 Å². The van der Waals surface area contributed by atoms with Crippen molar-refractivity contribution in [2.45, 2.75) is 11.3 Å². The molecule has 78 valence electrons. The average molecular weight is 234 g/mol. The van der Waals surface area contributed by atoms with Crippen molar-refractivity contribution >= 4 is 23.4 Å². The van der Waals surface area contributed by atoms with Crippen molar-refractivity contribution in [2.24, 2.45) is 0 Å². The second-order valence-electron chi connectivity index (χ2n) is 2.95. The van der Waals surface area contributed by atoms with Gasteiger partial charge in [-0.05, 0) is 44.0 Å². The van der Waals surface area contributed by atoms with Gasteiger partial charge in [-0.3, -0.25) is 0 Å². The third kappa shape index (κ3) is 2.87. The number of hydrogen-bond acceptors (Lipinski definition) is 2. The topological polar surface area (TPSA) is 12.0 Å². The molecule has 0 aliphatic carbocycles. The summed E-state index contributed by atoms with van der Waals surface area (Å²) in [4.78, 5) is 0.528. The van der Waals surface area contributed by atoms with Crippen LogP contribution in [0.25, 0.3) is 0 Å². The molecule has 4 heteroatoms. The number of nitrogens with one attached hydrogen (secondary N) is 1. The van der Waals surface area contributed by atoms with Crippen molar-refractivity contribution < 1.29 is 4.39 Å². The van der Waals surface area contributed by atoms with Crippen LogP contribution in [0.5, 0.6) is 0 Å². The average Bonchev–Trinajstić information content (AvgIpc) is 2.14. The first-order valence-electron chi connectivity index (χ1n) is 4.35. The molecule has 0 spiro atoms. The van der Waals surface area contributed by atoms with E-state index in [0.29, 0.717) is 9.92 Å². The zero-order valence-electron chi connectivity index (χ0n) is 8.23. The highest BCUT2D eigenvalue weighted by atomic mass is 35.5. The minimum Gasteiger partial charge on any atom is -0.319 e. The molecule has 1 rings (SSSR count). The second kappa shape index (κ2) is 5.59. The van der Waals surface area contributed by atoms with Gasteiger partial charge < -0.3 is 5.32 Å². The number of benzene rings is 1. The molecule has 0 aromatic heterocycles. The molecule has 0 aliphatic rings. The summed E-state index contributed by atoms with van der Waals surface area (Å²) < 4.78 is 13.4. The molecule has 0 atom stereocenters. The first kappa shape index (κ1) is 11.8. The summed E-state index contributed by atoms with van der Waals surface area (Å²) in [5.41, 5.74) is 0.930. The molecule has 14 heavy (non-hydrogen) atoms. The number of hydrogen-bond donors (Lipinski definition) is 1. The predicted molar refractivity (Wildman–Crippen MR) is 60.8 cm³/mol. The lowest BCUT2D eigenvalue weighted by atomic mass is 10.1. The predicted octanol–water partition coefficient (Wildman–Crippen LogP) is 2.96. The van der Waals surface area contributed by atoms with E-state index in [1.54, 1.807) is 6.07 Å². The molecule has 0 unspecified atom stereocenters. The van der Waals surface area contributed by atoms with Crippen LogP contribution in [0.1, 0.15) is 5.56 Å². The van der Waals surface area contributed by atoms with Crippen molar-refractivity contribution in [3.05, 3.63) is 28.5 Å². The first-order valence-corrected chi connectivity index (χ1v) is 5.95. The third-order valence-electron chi connectivity index (χ3n) is 1.93. The molecule has 0 amide bonds. The van der Waals surface area contributed by atoms with Crippen LogP contribution in [-0.2, 0) is 6.42 Å². The molecule has 0 bridgehead atoms. The normalized spacial score (nSPS) is 10.6. The fraction of sp³-hybridized carbons (Fsp3) is 0.400. The minimum absolute atomic E-state index is 0.226. The smallest absolute Gasteiger partial charge is 0.138 e. The fourth-order valence-corrected chi connectivity index (χ4v) is 2.19. The van der Waals surface area contributed by atoms with E-state index < -0.39 is 0 Å². The van der Waals surface area contributed by atoms with Crippen molar-refractivity contribution in [3.8, 4) is 0 Å². The van der Waals surface area contributed by atoms with E-state index in [9.17, 15) is 4.39 Å². The summed E-state index contributed by atoms with van der Waals surface area (Å²) in [6.07, 6.45) is 2.61. The van der Waals surface area contributed by atoms with Gasteiger partial charge in [-0.2, -0.15) is 0 Å². The van der Waals surface area contributed by atoms with Gasteiger partial charge in [0, 0.05) is 0 Å². The fourth-order valence-electron chi connectivity index (χ4n) is 1.22. The van der Waals surface area contributed by atoms with Crippen LogP contribution in [0.3, 0.4) is 0 Å². The van der Waals surface area contributed by atoms with E-state index >= 15 is 0 Å². The summed E-state index contributed by atoms with van der Waals surface area (Å²) in [5.74, 6) is -0.226. The van der Waals surface area contributed by atoms with Gasteiger partial charge >= 0.3 is 0 Å². The molecule has 0 aliphatic heterocycles. The lowest BCUT2D eigenvalue weighted by Gasteiger charge is -2.06. The Labute approximate surface area is 93.0 Å². The SMILES string of the molecule is CNCCc1cc(F)c(SC)c(Cl)c1. The van der Waals surface area contributed by atoms with Crippen LogP contribution in [0.4, 0.5) is 4.39 Å². The van der Waals surface area contributed by atoms with Crippen LogP contribution in [-0.4, -0.2) is 19.8 Å². The third-order valence-corrected chi connectivity index (χ3v) is 3.16. The standard InChI is InChI=1S/C10H13ClFNS/c1-13-4-3-7-5-8(11)10(14-2)9(12)6-7/h5-6,13H,3-4H2,1-2H3. The summed E-state index contributed by atoms with van der Waals surface area (Å²) in [6, 6.07) is 3.38. The quantitative estimate of drug-likeness (QED) is 0.803. The van der Waals surface area contributed by atoms with Crippen molar-refractivity contribution in [2.75, 3.05) is 19.8 Å². The number of thioether (sulfide) groups is 1. The van der Waals surface area contributed by atoms with Gasteiger partial charge in [-0.1, -0.05) is 11.6 Å². The van der Waals surface area contributed by atoms with Gasteiger partial charge in [-0.15, -0.1) is 11.8 Å². The van der Waals surface area contributed by atoms with Crippen LogP contribution in [0.15, 0.2) is 17.0 Å². The second-order valence-corrected chi connectivity index (χ2v) is 4.17. The van der Waals surface area contributed by atoms with Gasteiger partial charge in [0.15, 0.2) is 0 Å². The van der Waals surface area contributed by atoms with E-state index in [0.717, 1.165) is 18.5 Å². The van der Waals surface area contributed by atoms with Gasteiger partial charge in [0.25, 0.3) is 0 Å². The lowest BCUT2D eigenvalue weighted by Crippen LogP contribution is -2.10. The van der Waals surface area contributed by atoms with Crippen LogP contribution in [0, 0.1) is 5.82 Å². The number of likely N-dealkylation sites (N-methyl/N-ethyl adjacent to an activating group) is 1. The van der Waals surface area contributed by atoms with Crippen LogP contribution < -0.4 is 5.32 Å². The first-order chi connectivity index (χ1) is 6.69. The molecular weight excluding hydrogens is 221 g/mol. The summed E-state index contributed by atoms with van der Waals surface area (Å²) in [5, 5.41) is 3.52. The van der Waals surface area contributed by atoms with Crippen LogP contribution in [0.2, 0.25) is 5.02 Å². The maximum atomic E-state index is 13.4. The molecule has 0 fully saturated rings.